The molecule has 0 atom stereocenters. The van der Waals surface area contributed by atoms with Gasteiger partial charge in [0.2, 0.25) is 17.2 Å². The van der Waals surface area contributed by atoms with Crippen molar-refractivity contribution in [3.8, 4) is 23.0 Å². The number of sulfone groups is 1. The molecule has 1 aromatic heterocycles. The van der Waals surface area contributed by atoms with Crippen molar-refractivity contribution < 1.29 is 83.7 Å². The second-order valence-corrected chi connectivity index (χ2v) is 20.6. The predicted molar refractivity (Wildman–Crippen MR) is 292 cm³/mol. The summed E-state index contributed by atoms with van der Waals surface area (Å²) in [5.41, 5.74) is -0.436. The number of anilines is 4. The van der Waals surface area contributed by atoms with Gasteiger partial charge in [-0.3, -0.25) is 24.8 Å². The van der Waals surface area contributed by atoms with Crippen LogP contribution in [0.2, 0.25) is 5.28 Å². The number of fused-ring (bicyclic) bond motifs is 3. The molecule has 81 heavy (non-hydrogen) atoms. The number of halogens is 1. The van der Waals surface area contributed by atoms with Gasteiger partial charge in [0.1, 0.15) is 44.9 Å². The molecule has 32 heteroatoms. The second-order valence-electron chi connectivity index (χ2n) is 16.2. The number of nitro benzene ring substituents is 2. The number of aromatic hydroxyl groups is 4. The molecule has 0 aliphatic heterocycles. The SMILES string of the molecule is C=CS(=O)(=O)c1cccc(N(CC)c2nc(Cl)nc(Nc3ccc4cc(SOOO)c(N=Nc5cc([N+](=O)[O-])ccc5O)c(O)c4c3)n2)c1.O=[N+]([O-])c1ccc2c(N=Nc3c(O)ccc4ccccc34)c(O)cc(S(=O)(=O)O)c2c1.[Cr]. The van der Waals surface area contributed by atoms with Crippen molar-refractivity contribution >= 4 is 133 Å². The topological polar surface area (TPSA) is 398 Å². The summed E-state index contributed by atoms with van der Waals surface area (Å²) in [6, 6.07) is 29.8. The zero-order valence-electron chi connectivity index (χ0n) is 40.9. The number of aromatic nitrogens is 3. The zero-order valence-corrected chi connectivity index (χ0v) is 45.3. The van der Waals surface area contributed by atoms with E-state index in [-0.39, 0.29) is 94.7 Å². The van der Waals surface area contributed by atoms with E-state index in [1.165, 1.54) is 36.4 Å². The van der Waals surface area contributed by atoms with E-state index < -0.39 is 57.6 Å². The van der Waals surface area contributed by atoms with Gasteiger partial charge >= 0.3 is 0 Å². The summed E-state index contributed by atoms with van der Waals surface area (Å²) in [7, 11) is -8.52. The van der Waals surface area contributed by atoms with E-state index in [0.717, 1.165) is 47.2 Å². The largest absolute Gasteiger partial charge is 0.506 e. The summed E-state index contributed by atoms with van der Waals surface area (Å²) in [6.45, 7) is 5.51. The third-order valence-electron chi connectivity index (χ3n) is 11.4. The summed E-state index contributed by atoms with van der Waals surface area (Å²) >= 11 is 6.74. The van der Waals surface area contributed by atoms with Crippen LogP contribution in [-0.2, 0) is 46.7 Å². The number of nitrogens with one attached hydrogen (secondary N) is 1. The van der Waals surface area contributed by atoms with Crippen LogP contribution in [0.4, 0.5) is 57.4 Å². The number of phenols is 4. The van der Waals surface area contributed by atoms with E-state index in [2.05, 4.69) is 56.7 Å². The number of azo groups is 2. The smallest absolute Gasteiger partial charge is 0.295 e. The van der Waals surface area contributed by atoms with Crippen LogP contribution in [0, 0.1) is 20.2 Å². The van der Waals surface area contributed by atoms with E-state index in [1.54, 1.807) is 59.5 Å². The molecule has 0 unspecified atom stereocenters. The van der Waals surface area contributed by atoms with Crippen LogP contribution in [0.25, 0.3) is 32.3 Å². The fraction of sp³-hybridized carbons (Fsp3) is 0.0408. The fourth-order valence-electron chi connectivity index (χ4n) is 7.68. The van der Waals surface area contributed by atoms with E-state index >= 15 is 0 Å². The number of hydrogen-bond donors (Lipinski definition) is 7. The molecule has 0 spiro atoms. The Bertz CT molecular complexity index is 4280. The number of nitro groups is 2. The maximum absolute atomic E-state index is 12.4. The fourth-order valence-corrected chi connectivity index (χ4v) is 9.79. The van der Waals surface area contributed by atoms with E-state index in [9.17, 15) is 62.0 Å². The first-order valence-electron chi connectivity index (χ1n) is 22.4. The molecule has 0 bridgehead atoms. The minimum absolute atomic E-state index is 0. The van der Waals surface area contributed by atoms with Gasteiger partial charge in [-0.1, -0.05) is 54.1 Å². The molecule has 0 fully saturated rings. The van der Waals surface area contributed by atoms with Crippen LogP contribution >= 0.6 is 23.6 Å². The molecule has 9 rings (SSSR count). The molecule has 8 aromatic carbocycles. The molecule has 9 aromatic rings. The van der Waals surface area contributed by atoms with Gasteiger partial charge in [0.25, 0.3) is 21.5 Å². The van der Waals surface area contributed by atoms with Gasteiger partial charge < -0.3 is 30.6 Å². The first kappa shape index (κ1) is 59.7. The Balaban J connectivity index is 0.000000254. The van der Waals surface area contributed by atoms with Crippen molar-refractivity contribution in [1.29, 1.82) is 0 Å². The van der Waals surface area contributed by atoms with E-state index in [0.29, 0.717) is 40.7 Å². The Kier molecular flexibility index (Phi) is 18.4. The average molecular weight is 1220 g/mol. The standard InChI is InChI=1S/C29H23ClN8O9S2.C20H13N3O7S.Cr/c1-3-37(18-6-5-7-20(14-18)49(44,45)4-2)29-33-27(30)32-28(34-29)31-17-9-8-16-12-24(48-47-46-43)25(26(40)21(16)13-17)36-35-22-15-19(38(41)42)10-11-23(22)39;24-16-8-5-11-3-1-2-4-13(11)19(16)21-22-20-14-7-6-12(23(26)27)9-15(14)18(10-17(20)25)31(28,29)30;/h4-15,39-40,43H,2-3H2,1H3,(H,31,32,33,34);1-10,24-25H,(H,28,29,30);. The van der Waals surface area contributed by atoms with Gasteiger partial charge in [0.05, 0.1) is 31.7 Å². The Morgan fingerprint density at radius 2 is 1.38 bits per heavy atom. The van der Waals surface area contributed by atoms with Crippen LogP contribution in [0.15, 0.2) is 175 Å². The minimum Gasteiger partial charge on any atom is -0.506 e. The number of non-ortho nitro benzene ring substituents is 2. The molecule has 1 heterocycles. The van der Waals surface area contributed by atoms with Gasteiger partial charge in [-0.05, 0) is 83.9 Å². The molecular weight excluding hydrogens is 1180 g/mol. The molecule has 0 radical (unpaired) electrons. The first-order chi connectivity index (χ1) is 38.1. The van der Waals surface area contributed by atoms with Crippen molar-refractivity contribution in [2.75, 3.05) is 16.8 Å². The minimum atomic E-state index is -4.81. The Morgan fingerprint density at radius 1 is 0.716 bits per heavy atom. The number of rotatable bonds is 17. The number of phenolic OH excluding ortho intramolecular Hbond substituents is 4. The summed E-state index contributed by atoms with van der Waals surface area (Å²) in [6.07, 6.45) is 0. The van der Waals surface area contributed by atoms with Gasteiger partial charge in [0, 0.05) is 92.6 Å². The van der Waals surface area contributed by atoms with Gasteiger partial charge in [-0.15, -0.1) is 24.8 Å². The monoisotopic (exact) mass is 1220 g/mol. The Labute approximate surface area is 476 Å². The van der Waals surface area contributed by atoms with Crippen LogP contribution in [0.1, 0.15) is 6.92 Å². The molecule has 0 aliphatic carbocycles. The van der Waals surface area contributed by atoms with Crippen molar-refractivity contribution in [1.82, 2.24) is 15.0 Å². The van der Waals surface area contributed by atoms with Crippen LogP contribution in [-0.4, -0.2) is 78.4 Å². The molecule has 27 nitrogen and oxygen atoms in total. The predicted octanol–water partition coefficient (Wildman–Crippen LogP) is 12.6. The molecule has 0 saturated heterocycles. The summed E-state index contributed by atoms with van der Waals surface area (Å²) in [4.78, 5) is 34.8. The van der Waals surface area contributed by atoms with Crippen LogP contribution < -0.4 is 10.2 Å². The number of nitrogens with zero attached hydrogens (tertiary/aromatic N) is 10. The van der Waals surface area contributed by atoms with Crippen LogP contribution in [0.5, 0.6) is 23.0 Å². The number of hydrogen-bond acceptors (Lipinski definition) is 25. The maximum Gasteiger partial charge on any atom is 0.295 e. The van der Waals surface area contributed by atoms with Crippen LogP contribution in [0.3, 0.4) is 0 Å². The first-order valence-corrected chi connectivity index (χ1v) is 26.5. The van der Waals surface area contributed by atoms with Gasteiger partial charge in [-0.2, -0.15) is 23.4 Å². The average Bonchev–Trinajstić information content (AvgIpc) is 3.45. The summed E-state index contributed by atoms with van der Waals surface area (Å²) in [5, 5.41) is 98.1. The molecule has 0 saturated carbocycles. The van der Waals surface area contributed by atoms with E-state index in [4.69, 9.17) is 16.9 Å². The maximum atomic E-state index is 12.4. The summed E-state index contributed by atoms with van der Waals surface area (Å²) in [5.74, 6) is -1.49. The molecule has 0 amide bonds. The zero-order chi connectivity index (χ0) is 57.6. The quantitative estimate of drug-likeness (QED) is 0.0111. The Morgan fingerprint density at radius 3 is 2.07 bits per heavy atom. The molecular formula is C49H36ClCrN11O16S3. The molecule has 414 valence electrons. The van der Waals surface area contributed by atoms with Crippen molar-refractivity contribution in [3.63, 3.8) is 0 Å². The normalized spacial score (nSPS) is 11.6. The van der Waals surface area contributed by atoms with Crippen molar-refractivity contribution in [2.24, 2.45) is 20.5 Å². The third kappa shape index (κ3) is 13.4. The third-order valence-corrected chi connectivity index (χ3v) is 14.4. The Hall–Kier alpha value is -9.00. The molecule has 7 N–H and O–H groups in total. The summed E-state index contributed by atoms with van der Waals surface area (Å²) < 4.78 is 62.3. The number of benzene rings is 8. The second kappa shape index (κ2) is 25.0. The van der Waals surface area contributed by atoms with Crippen molar-refractivity contribution in [3.05, 3.63) is 165 Å². The van der Waals surface area contributed by atoms with Gasteiger partial charge in [-0.25, -0.2) is 13.7 Å². The molecule has 0 aliphatic rings. The van der Waals surface area contributed by atoms with Gasteiger partial charge in [0.15, 0.2) is 15.6 Å². The van der Waals surface area contributed by atoms with Crippen molar-refractivity contribution in [2.45, 2.75) is 21.6 Å². The van der Waals surface area contributed by atoms with E-state index in [1.807, 2.05) is 6.92 Å².